The Kier molecular flexibility index (Phi) is 5.01. The largest absolute Gasteiger partial charge is 0.439 e. The highest BCUT2D eigenvalue weighted by Crippen LogP contribution is 2.26. The van der Waals surface area contributed by atoms with E-state index in [9.17, 15) is 0 Å². The molecular weight excluding hydrogens is 331 g/mol. The smallest absolute Gasteiger partial charge is 0.208 e. The van der Waals surface area contributed by atoms with Gasteiger partial charge in [-0.05, 0) is 24.6 Å². The standard InChI is InChI=1S/C18H16Cl2N2O/c1-12(15-8-7-14(19)9-16(15)20)21-11-18-22-10-17(23-18)13-5-3-2-4-6-13/h2-10,12,21H,11H2,1H3/t12-/m1/s1. The van der Waals surface area contributed by atoms with Crippen molar-refractivity contribution in [1.82, 2.24) is 10.3 Å². The molecule has 1 aromatic heterocycles. The maximum Gasteiger partial charge on any atom is 0.208 e. The van der Waals surface area contributed by atoms with E-state index in [1.54, 1.807) is 12.3 Å². The molecule has 0 saturated heterocycles. The minimum atomic E-state index is 0.0619. The Bertz CT molecular complexity index is 787. The van der Waals surface area contributed by atoms with E-state index in [0.717, 1.165) is 16.9 Å². The second kappa shape index (κ2) is 7.18. The molecule has 0 aliphatic rings. The summed E-state index contributed by atoms with van der Waals surface area (Å²) in [5.74, 6) is 1.40. The lowest BCUT2D eigenvalue weighted by Gasteiger charge is -2.14. The third kappa shape index (κ3) is 3.94. The van der Waals surface area contributed by atoms with E-state index in [0.29, 0.717) is 22.5 Å². The normalized spacial score (nSPS) is 12.3. The fourth-order valence-electron chi connectivity index (χ4n) is 2.33. The van der Waals surface area contributed by atoms with Crippen LogP contribution in [-0.4, -0.2) is 4.98 Å². The highest BCUT2D eigenvalue weighted by Gasteiger charge is 2.12. The van der Waals surface area contributed by atoms with Gasteiger partial charge in [0.15, 0.2) is 5.76 Å². The molecular formula is C18H16Cl2N2O. The molecule has 1 atom stereocenters. The first-order valence-corrected chi connectivity index (χ1v) is 8.07. The summed E-state index contributed by atoms with van der Waals surface area (Å²) in [6.45, 7) is 2.56. The zero-order valence-electron chi connectivity index (χ0n) is 12.6. The van der Waals surface area contributed by atoms with Crippen LogP contribution < -0.4 is 5.32 Å². The number of hydrogen-bond donors (Lipinski definition) is 1. The summed E-state index contributed by atoms with van der Waals surface area (Å²) in [6.07, 6.45) is 1.74. The average molecular weight is 347 g/mol. The number of nitrogens with zero attached hydrogens (tertiary/aromatic N) is 1. The highest BCUT2D eigenvalue weighted by atomic mass is 35.5. The number of aromatic nitrogens is 1. The first kappa shape index (κ1) is 16.1. The van der Waals surface area contributed by atoms with Gasteiger partial charge in [0.1, 0.15) is 0 Å². The van der Waals surface area contributed by atoms with Crippen LogP contribution in [0.1, 0.15) is 24.4 Å². The van der Waals surface area contributed by atoms with Crippen molar-refractivity contribution in [2.45, 2.75) is 19.5 Å². The number of benzene rings is 2. The van der Waals surface area contributed by atoms with Gasteiger partial charge in [-0.15, -0.1) is 0 Å². The van der Waals surface area contributed by atoms with Crippen molar-refractivity contribution in [3.05, 3.63) is 76.2 Å². The van der Waals surface area contributed by atoms with Crippen molar-refractivity contribution >= 4 is 23.2 Å². The number of oxazole rings is 1. The van der Waals surface area contributed by atoms with Gasteiger partial charge in [0.2, 0.25) is 5.89 Å². The first-order chi connectivity index (χ1) is 11.1. The molecule has 0 amide bonds. The van der Waals surface area contributed by atoms with Crippen LogP contribution in [0.5, 0.6) is 0 Å². The predicted octanol–water partition coefficient (Wildman–Crippen LogP) is 5.50. The molecule has 3 aromatic rings. The van der Waals surface area contributed by atoms with Crippen LogP contribution in [0.15, 0.2) is 59.1 Å². The molecule has 0 aliphatic carbocycles. The summed E-state index contributed by atoms with van der Waals surface area (Å²) >= 11 is 12.2. The molecule has 0 unspecified atom stereocenters. The van der Waals surface area contributed by atoms with Gasteiger partial charge in [-0.25, -0.2) is 4.98 Å². The molecule has 0 saturated carbocycles. The molecule has 0 bridgehead atoms. The van der Waals surface area contributed by atoms with Crippen LogP contribution in [0.2, 0.25) is 10.0 Å². The average Bonchev–Trinajstić information content (AvgIpc) is 3.02. The maximum absolute atomic E-state index is 6.23. The Morgan fingerprint density at radius 2 is 1.91 bits per heavy atom. The molecule has 23 heavy (non-hydrogen) atoms. The fraction of sp³-hybridized carbons (Fsp3) is 0.167. The molecule has 0 spiro atoms. The van der Waals surface area contributed by atoms with E-state index in [1.807, 2.05) is 49.4 Å². The van der Waals surface area contributed by atoms with Crippen LogP contribution in [0.25, 0.3) is 11.3 Å². The molecule has 0 fully saturated rings. The second-order valence-corrected chi connectivity index (χ2v) is 6.10. The lowest BCUT2D eigenvalue weighted by atomic mass is 10.1. The van der Waals surface area contributed by atoms with Crippen molar-refractivity contribution in [3.63, 3.8) is 0 Å². The molecule has 2 aromatic carbocycles. The van der Waals surface area contributed by atoms with Gasteiger partial charge >= 0.3 is 0 Å². The van der Waals surface area contributed by atoms with E-state index >= 15 is 0 Å². The van der Waals surface area contributed by atoms with E-state index in [-0.39, 0.29) is 6.04 Å². The molecule has 1 N–H and O–H groups in total. The Morgan fingerprint density at radius 3 is 2.65 bits per heavy atom. The Labute approximate surface area is 145 Å². The summed E-state index contributed by atoms with van der Waals surface area (Å²) in [7, 11) is 0. The number of halogens is 2. The van der Waals surface area contributed by atoms with Crippen LogP contribution in [0.3, 0.4) is 0 Å². The van der Waals surface area contributed by atoms with Crippen LogP contribution in [-0.2, 0) is 6.54 Å². The van der Waals surface area contributed by atoms with Gasteiger partial charge in [0.25, 0.3) is 0 Å². The lowest BCUT2D eigenvalue weighted by molar-refractivity contribution is 0.454. The topological polar surface area (TPSA) is 38.1 Å². The van der Waals surface area contributed by atoms with Crippen LogP contribution >= 0.6 is 23.2 Å². The monoisotopic (exact) mass is 346 g/mol. The molecule has 3 nitrogen and oxygen atoms in total. The summed E-state index contributed by atoms with van der Waals surface area (Å²) in [5, 5.41) is 4.64. The first-order valence-electron chi connectivity index (χ1n) is 7.32. The quantitative estimate of drug-likeness (QED) is 0.662. The molecule has 0 aliphatic heterocycles. The Balaban J connectivity index is 1.65. The van der Waals surface area contributed by atoms with Crippen molar-refractivity contribution in [2.24, 2.45) is 0 Å². The molecule has 5 heteroatoms. The van der Waals surface area contributed by atoms with Gasteiger partial charge in [-0.2, -0.15) is 0 Å². The third-order valence-corrected chi connectivity index (χ3v) is 4.16. The van der Waals surface area contributed by atoms with Gasteiger partial charge in [-0.3, -0.25) is 0 Å². The van der Waals surface area contributed by atoms with Crippen molar-refractivity contribution in [3.8, 4) is 11.3 Å². The van der Waals surface area contributed by atoms with E-state index in [2.05, 4.69) is 10.3 Å². The van der Waals surface area contributed by atoms with Crippen molar-refractivity contribution in [2.75, 3.05) is 0 Å². The Hall–Kier alpha value is -1.81. The molecule has 1 heterocycles. The lowest BCUT2D eigenvalue weighted by Crippen LogP contribution is -2.18. The van der Waals surface area contributed by atoms with Crippen molar-refractivity contribution in [1.29, 1.82) is 0 Å². The van der Waals surface area contributed by atoms with Crippen molar-refractivity contribution < 1.29 is 4.42 Å². The van der Waals surface area contributed by atoms with E-state index < -0.39 is 0 Å². The molecule has 0 radical (unpaired) electrons. The number of rotatable bonds is 5. The number of hydrogen-bond acceptors (Lipinski definition) is 3. The summed E-state index contributed by atoms with van der Waals surface area (Å²) < 4.78 is 5.78. The third-order valence-electron chi connectivity index (χ3n) is 3.60. The van der Waals surface area contributed by atoms with Gasteiger partial charge in [0.05, 0.1) is 12.7 Å². The van der Waals surface area contributed by atoms with Crippen LogP contribution in [0, 0.1) is 0 Å². The second-order valence-electron chi connectivity index (χ2n) is 5.25. The SMILES string of the molecule is C[C@@H](NCc1ncc(-c2ccccc2)o1)c1ccc(Cl)cc1Cl. The summed E-state index contributed by atoms with van der Waals surface area (Å²) in [6, 6.07) is 15.5. The minimum Gasteiger partial charge on any atom is -0.439 e. The maximum atomic E-state index is 6.23. The minimum absolute atomic E-state index is 0.0619. The number of nitrogens with one attached hydrogen (secondary N) is 1. The highest BCUT2D eigenvalue weighted by molar-refractivity contribution is 6.35. The van der Waals surface area contributed by atoms with E-state index in [1.165, 1.54) is 0 Å². The zero-order valence-corrected chi connectivity index (χ0v) is 14.1. The predicted molar refractivity (Wildman–Crippen MR) is 93.7 cm³/mol. The van der Waals surface area contributed by atoms with Crippen LogP contribution in [0.4, 0.5) is 0 Å². The Morgan fingerprint density at radius 1 is 1.13 bits per heavy atom. The van der Waals surface area contributed by atoms with Gasteiger partial charge < -0.3 is 9.73 Å². The summed E-state index contributed by atoms with van der Waals surface area (Å²) in [4.78, 5) is 4.31. The van der Waals surface area contributed by atoms with Gasteiger partial charge in [-0.1, -0.05) is 59.6 Å². The fourth-order valence-corrected chi connectivity index (χ4v) is 2.90. The molecule has 118 valence electrons. The van der Waals surface area contributed by atoms with E-state index in [4.69, 9.17) is 27.6 Å². The molecule has 3 rings (SSSR count). The summed E-state index contributed by atoms with van der Waals surface area (Å²) in [5.41, 5.74) is 2.01. The van der Waals surface area contributed by atoms with Gasteiger partial charge in [0, 0.05) is 21.7 Å². The zero-order chi connectivity index (χ0) is 16.2.